The van der Waals surface area contributed by atoms with E-state index in [9.17, 15) is 4.79 Å². The molecule has 4 aliphatic rings. The second-order valence-corrected chi connectivity index (χ2v) is 4.77. The monoisotopic (exact) mass is 152 g/mol. The molecule has 0 amide bonds. The van der Waals surface area contributed by atoms with Crippen molar-refractivity contribution in [3.8, 4) is 0 Å². The van der Waals surface area contributed by atoms with Crippen molar-refractivity contribution in [2.45, 2.75) is 18.9 Å². The fourth-order valence-electron chi connectivity index (χ4n) is 3.54. The number of carbonyl (C=O) groups excluding carboxylic acids is 1. The van der Waals surface area contributed by atoms with Gasteiger partial charge in [0, 0.05) is 12.8 Å². The Balaban J connectivity index is 2.08. The number of hydrogen-bond acceptors (Lipinski definition) is 1. The van der Waals surface area contributed by atoms with E-state index in [1.165, 1.54) is 17.3 Å². The third-order valence-corrected chi connectivity index (χ3v) is 4.07. The zero-order chi connectivity index (χ0) is 7.64. The van der Waals surface area contributed by atoms with Crippen molar-refractivity contribution in [2.75, 3.05) is 20.1 Å². The van der Waals surface area contributed by atoms with Crippen LogP contribution in [0.4, 0.5) is 0 Å². The van der Waals surface area contributed by atoms with Gasteiger partial charge in [-0.2, -0.15) is 0 Å². The lowest BCUT2D eigenvalue weighted by Crippen LogP contribution is -2.48. The molecule has 3 aliphatic heterocycles. The van der Waals surface area contributed by atoms with Crippen LogP contribution >= 0.6 is 0 Å². The first-order valence-corrected chi connectivity index (χ1v) is 4.57. The molecule has 1 aliphatic carbocycles. The molecule has 0 N–H and O–H groups in total. The van der Waals surface area contributed by atoms with E-state index >= 15 is 0 Å². The number of hydrogen-bond donors (Lipinski definition) is 0. The van der Waals surface area contributed by atoms with E-state index in [-0.39, 0.29) is 0 Å². The van der Waals surface area contributed by atoms with Crippen molar-refractivity contribution < 1.29 is 9.28 Å². The van der Waals surface area contributed by atoms with E-state index < -0.39 is 0 Å². The van der Waals surface area contributed by atoms with E-state index in [2.05, 4.69) is 7.05 Å². The quantitative estimate of drug-likeness (QED) is 0.460. The molecule has 0 radical (unpaired) electrons. The van der Waals surface area contributed by atoms with E-state index in [1.807, 2.05) is 0 Å². The van der Waals surface area contributed by atoms with Crippen LogP contribution in [0.25, 0.3) is 0 Å². The number of carbonyl (C=O) groups is 1. The topological polar surface area (TPSA) is 17.1 Å². The van der Waals surface area contributed by atoms with E-state index in [0.717, 1.165) is 19.1 Å². The summed E-state index contributed by atoms with van der Waals surface area (Å²) in [6.07, 6.45) is 2.40. The first-order valence-electron chi connectivity index (χ1n) is 4.57. The SMILES string of the molecule is C[N+]12C[C@H]3CC1C[C@@H](C2)C3=O. The van der Waals surface area contributed by atoms with Gasteiger partial charge in [-0.3, -0.25) is 4.79 Å². The fourth-order valence-corrected chi connectivity index (χ4v) is 3.54. The van der Waals surface area contributed by atoms with Crippen LogP contribution in [-0.4, -0.2) is 36.4 Å². The Morgan fingerprint density at radius 1 is 1.27 bits per heavy atom. The van der Waals surface area contributed by atoms with Gasteiger partial charge in [-0.25, -0.2) is 0 Å². The van der Waals surface area contributed by atoms with Crippen molar-refractivity contribution in [1.29, 1.82) is 0 Å². The highest BCUT2D eigenvalue weighted by atomic mass is 16.1. The molecule has 2 nitrogen and oxygen atoms in total. The molecule has 4 rings (SSSR count). The minimum Gasteiger partial charge on any atom is -0.322 e. The lowest BCUT2D eigenvalue weighted by molar-refractivity contribution is -0.911. The molecule has 4 atom stereocenters. The summed E-state index contributed by atoms with van der Waals surface area (Å²) in [6, 6.07) is 0.850. The largest absolute Gasteiger partial charge is 0.322 e. The van der Waals surface area contributed by atoms with E-state index in [1.54, 1.807) is 0 Å². The Hall–Kier alpha value is -0.370. The Morgan fingerprint density at radius 3 is 2.27 bits per heavy atom. The van der Waals surface area contributed by atoms with E-state index in [4.69, 9.17) is 0 Å². The predicted molar refractivity (Wildman–Crippen MR) is 40.9 cm³/mol. The number of nitrogens with zero attached hydrogens (tertiary/aromatic N) is 1. The van der Waals surface area contributed by atoms with Crippen molar-refractivity contribution in [1.82, 2.24) is 0 Å². The van der Waals surface area contributed by atoms with Gasteiger partial charge in [-0.05, 0) is 0 Å². The molecule has 0 aromatic carbocycles. The van der Waals surface area contributed by atoms with Crippen LogP contribution in [-0.2, 0) is 4.79 Å². The third-order valence-electron chi connectivity index (χ3n) is 4.07. The molecule has 11 heavy (non-hydrogen) atoms. The number of piperidine rings is 1. The van der Waals surface area contributed by atoms with Gasteiger partial charge in [0.05, 0.1) is 38.0 Å². The molecule has 1 saturated carbocycles. The highest BCUT2D eigenvalue weighted by Gasteiger charge is 2.60. The van der Waals surface area contributed by atoms with Crippen molar-refractivity contribution in [3.05, 3.63) is 0 Å². The second kappa shape index (κ2) is 1.53. The standard InChI is InChI=1S/C9H14NO/c1-10-4-6-2-8(10)3-7(5-10)9(6)11/h6-8H,2-5H2,1H3/q+1/t6-,7+,8?,10?. The van der Waals surface area contributed by atoms with Gasteiger partial charge in [-0.15, -0.1) is 0 Å². The normalized spacial score (nSPS) is 59.4. The molecule has 3 saturated heterocycles. The van der Waals surface area contributed by atoms with Gasteiger partial charge >= 0.3 is 0 Å². The van der Waals surface area contributed by atoms with Crippen molar-refractivity contribution in [3.63, 3.8) is 0 Å². The van der Waals surface area contributed by atoms with Crippen LogP contribution in [0, 0.1) is 11.8 Å². The van der Waals surface area contributed by atoms with Crippen molar-refractivity contribution in [2.24, 2.45) is 11.8 Å². The van der Waals surface area contributed by atoms with Crippen LogP contribution in [0.1, 0.15) is 12.8 Å². The Morgan fingerprint density at radius 2 is 1.82 bits per heavy atom. The maximum Gasteiger partial charge on any atom is 0.150 e. The molecule has 4 fully saturated rings. The van der Waals surface area contributed by atoms with E-state index in [0.29, 0.717) is 17.6 Å². The number of Topliss-reactive ketones (excluding diaryl/α,β-unsaturated/α-hetero) is 1. The fraction of sp³-hybridized carbons (Fsp3) is 0.889. The van der Waals surface area contributed by atoms with Crippen LogP contribution in [0.3, 0.4) is 0 Å². The first kappa shape index (κ1) is 6.18. The Labute approximate surface area is 66.8 Å². The molecule has 60 valence electrons. The molecule has 2 heteroatoms. The van der Waals surface area contributed by atoms with Crippen molar-refractivity contribution >= 4 is 5.78 Å². The molecular formula is C9H14NO+. The third kappa shape index (κ3) is 0.560. The lowest BCUT2D eigenvalue weighted by Gasteiger charge is -2.31. The Bertz CT molecular complexity index is 218. The van der Waals surface area contributed by atoms with Crippen LogP contribution in [0.2, 0.25) is 0 Å². The second-order valence-electron chi connectivity index (χ2n) is 4.77. The average Bonchev–Trinajstić information content (AvgIpc) is 2.31. The van der Waals surface area contributed by atoms with Crippen LogP contribution in [0.15, 0.2) is 0 Å². The van der Waals surface area contributed by atoms with Gasteiger partial charge in [0.2, 0.25) is 0 Å². The maximum atomic E-state index is 11.6. The van der Waals surface area contributed by atoms with Gasteiger partial charge in [0.15, 0.2) is 5.78 Å². The van der Waals surface area contributed by atoms with Gasteiger partial charge < -0.3 is 4.48 Å². The predicted octanol–water partition coefficient (Wildman–Crippen LogP) is 0.424. The summed E-state index contributed by atoms with van der Waals surface area (Å²) < 4.78 is 1.22. The summed E-state index contributed by atoms with van der Waals surface area (Å²) >= 11 is 0. The summed E-state index contributed by atoms with van der Waals surface area (Å²) in [4.78, 5) is 11.6. The average molecular weight is 152 g/mol. The number of quaternary nitrogens is 1. The summed E-state index contributed by atoms with van der Waals surface area (Å²) in [6.45, 7) is 2.31. The summed E-state index contributed by atoms with van der Waals surface area (Å²) in [5.74, 6) is 1.50. The molecule has 0 spiro atoms. The molecule has 3 heterocycles. The minimum atomic E-state index is 0.456. The van der Waals surface area contributed by atoms with Crippen LogP contribution in [0.5, 0.6) is 0 Å². The zero-order valence-electron chi connectivity index (χ0n) is 6.92. The highest BCUT2D eigenvalue weighted by Crippen LogP contribution is 2.47. The summed E-state index contributed by atoms with van der Waals surface area (Å²) in [5, 5.41) is 0. The molecular weight excluding hydrogens is 138 g/mol. The summed E-state index contributed by atoms with van der Waals surface area (Å²) in [5.41, 5.74) is 0. The number of ketones is 1. The lowest BCUT2D eigenvalue weighted by atomic mass is 9.82. The number of rotatable bonds is 0. The summed E-state index contributed by atoms with van der Waals surface area (Å²) in [7, 11) is 2.33. The maximum absolute atomic E-state index is 11.6. The van der Waals surface area contributed by atoms with Crippen LogP contribution < -0.4 is 0 Å². The van der Waals surface area contributed by atoms with Gasteiger partial charge in [-0.1, -0.05) is 0 Å². The molecule has 0 aromatic rings. The zero-order valence-corrected chi connectivity index (χ0v) is 6.92. The molecule has 2 unspecified atom stereocenters. The molecule has 4 bridgehead atoms. The first-order chi connectivity index (χ1) is 5.19. The van der Waals surface area contributed by atoms with Gasteiger partial charge in [0.1, 0.15) is 0 Å². The highest BCUT2D eigenvalue weighted by molar-refractivity contribution is 5.85. The Kier molecular flexibility index (Phi) is 0.861. The smallest absolute Gasteiger partial charge is 0.150 e. The minimum absolute atomic E-state index is 0.456. The van der Waals surface area contributed by atoms with Gasteiger partial charge in [0.25, 0.3) is 0 Å². The molecule has 0 aromatic heterocycles.